The lowest BCUT2D eigenvalue weighted by atomic mass is 10.3. The fourth-order valence-electron chi connectivity index (χ4n) is 1.53. The van der Waals surface area contributed by atoms with Gasteiger partial charge in [-0.3, -0.25) is 4.98 Å². The van der Waals surface area contributed by atoms with Crippen molar-refractivity contribution in [2.45, 2.75) is 19.4 Å². The highest BCUT2D eigenvalue weighted by molar-refractivity contribution is 5.03. The van der Waals surface area contributed by atoms with E-state index in [2.05, 4.69) is 17.2 Å². The first-order chi connectivity index (χ1) is 8.36. The summed E-state index contributed by atoms with van der Waals surface area (Å²) in [5.41, 5.74) is 1.06. The van der Waals surface area contributed by atoms with E-state index in [0.717, 1.165) is 25.2 Å². The van der Waals surface area contributed by atoms with Crippen molar-refractivity contribution in [1.29, 1.82) is 0 Å². The molecule has 0 saturated heterocycles. The Morgan fingerprint density at radius 2 is 2.29 bits per heavy atom. The van der Waals surface area contributed by atoms with Gasteiger partial charge in [-0.2, -0.15) is 0 Å². The Labute approximate surface area is 103 Å². The molecular formula is C13H22N2O2. The van der Waals surface area contributed by atoms with Gasteiger partial charge < -0.3 is 14.8 Å². The lowest BCUT2D eigenvalue weighted by Crippen LogP contribution is -2.33. The molecule has 1 N–H and O–H groups in total. The zero-order valence-corrected chi connectivity index (χ0v) is 10.7. The first-order valence-corrected chi connectivity index (χ1v) is 6.08. The molecule has 0 aliphatic heterocycles. The second-order valence-electron chi connectivity index (χ2n) is 3.83. The number of ether oxygens (including phenoxy) is 2. The van der Waals surface area contributed by atoms with Crippen LogP contribution in [0.1, 0.15) is 12.6 Å². The average molecular weight is 238 g/mol. The zero-order chi connectivity index (χ0) is 12.3. The summed E-state index contributed by atoms with van der Waals surface area (Å²) in [6, 6.07) is 5.93. The summed E-state index contributed by atoms with van der Waals surface area (Å²) in [6.45, 7) is 5.15. The monoisotopic (exact) mass is 238 g/mol. The fourth-order valence-corrected chi connectivity index (χ4v) is 1.53. The van der Waals surface area contributed by atoms with Gasteiger partial charge in [0.1, 0.15) is 0 Å². The van der Waals surface area contributed by atoms with Crippen LogP contribution in [0.5, 0.6) is 0 Å². The van der Waals surface area contributed by atoms with Crippen LogP contribution in [0.3, 0.4) is 0 Å². The van der Waals surface area contributed by atoms with Gasteiger partial charge in [-0.05, 0) is 18.7 Å². The summed E-state index contributed by atoms with van der Waals surface area (Å²) in [5, 5.41) is 3.26. The lowest BCUT2D eigenvalue weighted by Gasteiger charge is -2.17. The molecule has 0 aliphatic rings. The van der Waals surface area contributed by atoms with Gasteiger partial charge in [-0.1, -0.05) is 13.0 Å². The van der Waals surface area contributed by atoms with Gasteiger partial charge in [0.15, 0.2) is 0 Å². The van der Waals surface area contributed by atoms with Crippen molar-refractivity contribution in [3.63, 3.8) is 0 Å². The van der Waals surface area contributed by atoms with E-state index in [4.69, 9.17) is 9.47 Å². The molecule has 0 radical (unpaired) electrons. The topological polar surface area (TPSA) is 43.4 Å². The molecule has 1 heterocycles. The van der Waals surface area contributed by atoms with Crippen LogP contribution in [-0.2, 0) is 15.9 Å². The van der Waals surface area contributed by atoms with Crippen LogP contribution in [0.4, 0.5) is 0 Å². The molecule has 4 nitrogen and oxygen atoms in total. The molecule has 96 valence electrons. The minimum atomic E-state index is 0.115. The Bertz CT molecular complexity index is 280. The fraction of sp³-hybridized carbons (Fsp3) is 0.615. The summed E-state index contributed by atoms with van der Waals surface area (Å²) < 4.78 is 10.9. The van der Waals surface area contributed by atoms with Gasteiger partial charge in [-0.15, -0.1) is 0 Å². The normalized spacial score (nSPS) is 12.6. The van der Waals surface area contributed by atoms with Crippen molar-refractivity contribution >= 4 is 0 Å². The minimum Gasteiger partial charge on any atom is -0.382 e. The summed E-state index contributed by atoms with van der Waals surface area (Å²) in [4.78, 5) is 4.26. The molecule has 0 aromatic carbocycles. The number of hydrogen-bond donors (Lipinski definition) is 1. The summed E-state index contributed by atoms with van der Waals surface area (Å²) >= 11 is 0. The smallest absolute Gasteiger partial charge is 0.0932 e. The molecule has 0 spiro atoms. The number of methoxy groups -OCH3 is 1. The highest BCUT2D eigenvalue weighted by Gasteiger charge is 2.07. The maximum atomic E-state index is 5.76. The molecular weight excluding hydrogens is 216 g/mol. The first-order valence-electron chi connectivity index (χ1n) is 6.08. The number of nitrogens with zero attached hydrogens (tertiary/aromatic N) is 1. The molecule has 0 saturated carbocycles. The van der Waals surface area contributed by atoms with Crippen molar-refractivity contribution < 1.29 is 9.47 Å². The van der Waals surface area contributed by atoms with E-state index in [-0.39, 0.29) is 6.10 Å². The van der Waals surface area contributed by atoms with Gasteiger partial charge in [-0.25, -0.2) is 0 Å². The summed E-state index contributed by atoms with van der Waals surface area (Å²) in [6.07, 6.45) is 2.76. The van der Waals surface area contributed by atoms with Crippen LogP contribution in [0, 0.1) is 0 Å². The molecule has 17 heavy (non-hydrogen) atoms. The Balaban J connectivity index is 2.22. The Kier molecular flexibility index (Phi) is 7.54. The van der Waals surface area contributed by atoms with Gasteiger partial charge in [0.25, 0.3) is 0 Å². The van der Waals surface area contributed by atoms with E-state index >= 15 is 0 Å². The molecule has 1 rings (SSSR count). The standard InChI is InChI=1S/C13H22N2O2/c1-3-14-10-13(11-16-2)17-9-7-12-6-4-5-8-15-12/h4-6,8,13-14H,3,7,9-11H2,1-2H3. The van der Waals surface area contributed by atoms with E-state index in [0.29, 0.717) is 13.2 Å². The van der Waals surface area contributed by atoms with Crippen molar-refractivity contribution in [3.05, 3.63) is 30.1 Å². The van der Waals surface area contributed by atoms with E-state index < -0.39 is 0 Å². The SMILES string of the molecule is CCNCC(COC)OCCc1ccccn1. The Hall–Kier alpha value is -0.970. The third kappa shape index (κ3) is 6.36. The number of nitrogens with one attached hydrogen (secondary N) is 1. The predicted molar refractivity (Wildman–Crippen MR) is 68.1 cm³/mol. The van der Waals surface area contributed by atoms with E-state index in [1.54, 1.807) is 13.3 Å². The third-order valence-electron chi connectivity index (χ3n) is 2.41. The van der Waals surface area contributed by atoms with Crippen LogP contribution in [0.25, 0.3) is 0 Å². The third-order valence-corrected chi connectivity index (χ3v) is 2.41. The van der Waals surface area contributed by atoms with E-state index in [1.165, 1.54) is 0 Å². The molecule has 0 bridgehead atoms. The molecule has 0 fully saturated rings. The zero-order valence-electron chi connectivity index (χ0n) is 10.7. The molecule has 0 aliphatic carbocycles. The van der Waals surface area contributed by atoms with Gasteiger partial charge in [0, 0.05) is 32.0 Å². The van der Waals surface area contributed by atoms with Crippen LogP contribution in [-0.4, -0.2) is 44.5 Å². The number of hydrogen-bond acceptors (Lipinski definition) is 4. The van der Waals surface area contributed by atoms with Crippen LogP contribution >= 0.6 is 0 Å². The molecule has 1 aromatic heterocycles. The predicted octanol–water partition coefficient (Wildman–Crippen LogP) is 1.27. The second kappa shape index (κ2) is 9.10. The largest absolute Gasteiger partial charge is 0.382 e. The highest BCUT2D eigenvalue weighted by atomic mass is 16.5. The Morgan fingerprint density at radius 1 is 1.41 bits per heavy atom. The molecule has 1 aromatic rings. The van der Waals surface area contributed by atoms with E-state index in [1.807, 2.05) is 18.2 Å². The number of likely N-dealkylation sites (N-methyl/N-ethyl adjacent to an activating group) is 1. The average Bonchev–Trinajstić information content (AvgIpc) is 2.37. The van der Waals surface area contributed by atoms with Gasteiger partial charge in [0.05, 0.1) is 19.3 Å². The summed E-state index contributed by atoms with van der Waals surface area (Å²) in [5.74, 6) is 0. The molecule has 1 atom stereocenters. The minimum absolute atomic E-state index is 0.115. The van der Waals surface area contributed by atoms with Crippen LogP contribution in [0.2, 0.25) is 0 Å². The lowest BCUT2D eigenvalue weighted by molar-refractivity contribution is 0.000453. The molecule has 4 heteroatoms. The van der Waals surface area contributed by atoms with Crippen LogP contribution in [0.15, 0.2) is 24.4 Å². The number of pyridine rings is 1. The maximum Gasteiger partial charge on any atom is 0.0932 e. The molecule has 0 amide bonds. The van der Waals surface area contributed by atoms with E-state index in [9.17, 15) is 0 Å². The quantitative estimate of drug-likeness (QED) is 0.703. The maximum absolute atomic E-state index is 5.76. The van der Waals surface area contributed by atoms with Crippen LogP contribution < -0.4 is 5.32 Å². The van der Waals surface area contributed by atoms with Crippen molar-refractivity contribution in [1.82, 2.24) is 10.3 Å². The molecule has 1 unspecified atom stereocenters. The number of aromatic nitrogens is 1. The Morgan fingerprint density at radius 3 is 2.94 bits per heavy atom. The van der Waals surface area contributed by atoms with Crippen molar-refractivity contribution in [2.75, 3.05) is 33.4 Å². The highest BCUT2D eigenvalue weighted by Crippen LogP contribution is 1.98. The summed E-state index contributed by atoms with van der Waals surface area (Å²) in [7, 11) is 1.70. The van der Waals surface area contributed by atoms with Crippen molar-refractivity contribution in [3.8, 4) is 0 Å². The van der Waals surface area contributed by atoms with Gasteiger partial charge >= 0.3 is 0 Å². The van der Waals surface area contributed by atoms with Gasteiger partial charge in [0.2, 0.25) is 0 Å². The van der Waals surface area contributed by atoms with Crippen molar-refractivity contribution in [2.24, 2.45) is 0 Å². The second-order valence-corrected chi connectivity index (χ2v) is 3.83. The first kappa shape index (κ1) is 14.1. The number of rotatable bonds is 9.